The molecule has 2 rings (SSSR count). The van der Waals surface area contributed by atoms with Gasteiger partial charge in [0.2, 0.25) is 0 Å². The van der Waals surface area contributed by atoms with Gasteiger partial charge >= 0.3 is 0 Å². The Morgan fingerprint density at radius 3 is 2.62 bits per heavy atom. The molecule has 0 spiro atoms. The van der Waals surface area contributed by atoms with Crippen molar-refractivity contribution >= 4 is 17.4 Å². The van der Waals surface area contributed by atoms with Crippen LogP contribution < -0.4 is 5.43 Å². The summed E-state index contributed by atoms with van der Waals surface area (Å²) in [6.45, 7) is 2.66. The van der Waals surface area contributed by atoms with E-state index in [9.17, 15) is 9.59 Å². The Bertz CT molecular complexity index is 499. The van der Waals surface area contributed by atoms with Crippen molar-refractivity contribution in [1.29, 1.82) is 0 Å². The van der Waals surface area contributed by atoms with Gasteiger partial charge in [0.25, 0.3) is 6.47 Å². The molecule has 0 unspecified atom stereocenters. The van der Waals surface area contributed by atoms with Gasteiger partial charge in [-0.25, -0.2) is 0 Å². The molecule has 0 aliphatic carbocycles. The van der Waals surface area contributed by atoms with Crippen LogP contribution >= 0.6 is 0 Å². The lowest BCUT2D eigenvalue weighted by Gasteiger charge is -1.92. The van der Waals surface area contributed by atoms with E-state index in [4.69, 9.17) is 0 Å². The van der Waals surface area contributed by atoms with Crippen LogP contribution in [-0.2, 0) is 9.53 Å². The number of aromatic amines is 1. The lowest BCUT2D eigenvalue weighted by molar-refractivity contribution is -0.128. The van der Waals surface area contributed by atoms with Crippen LogP contribution in [0.3, 0.4) is 0 Å². The molecule has 0 aliphatic rings. The molecule has 4 nitrogen and oxygen atoms in total. The monoisotopic (exact) mass is 219 g/mol. The number of H-pyrrole nitrogens is 1. The smallest absolute Gasteiger partial charge is 0.293 e. The number of hydrogen-bond acceptors (Lipinski definition) is 3. The average molecular weight is 219 g/mol. The van der Waals surface area contributed by atoms with Crippen molar-refractivity contribution in [1.82, 2.24) is 4.98 Å². The van der Waals surface area contributed by atoms with Gasteiger partial charge in [0, 0.05) is 23.2 Å². The molecule has 16 heavy (non-hydrogen) atoms. The van der Waals surface area contributed by atoms with Crippen molar-refractivity contribution in [3.05, 3.63) is 46.8 Å². The fourth-order valence-corrected chi connectivity index (χ4v) is 1.19. The van der Waals surface area contributed by atoms with E-state index in [0.717, 1.165) is 10.9 Å². The molecule has 1 aromatic carbocycles. The first-order chi connectivity index (χ1) is 7.79. The number of nitrogens with one attached hydrogen (secondary N) is 1. The highest BCUT2D eigenvalue weighted by Gasteiger charge is 1.92. The van der Waals surface area contributed by atoms with Gasteiger partial charge in [-0.15, -0.1) is 0 Å². The Morgan fingerprint density at radius 1 is 1.31 bits per heavy atom. The number of rotatable bonds is 2. The molecule has 2 aromatic rings. The van der Waals surface area contributed by atoms with Crippen LogP contribution in [0.25, 0.3) is 10.9 Å². The van der Waals surface area contributed by atoms with E-state index in [2.05, 4.69) is 9.72 Å². The van der Waals surface area contributed by atoms with Crippen molar-refractivity contribution < 1.29 is 9.53 Å². The number of aromatic nitrogens is 1. The maximum absolute atomic E-state index is 11.2. The van der Waals surface area contributed by atoms with Gasteiger partial charge in [0.05, 0.1) is 6.61 Å². The number of benzene rings is 1. The quantitative estimate of drug-likeness (QED) is 0.782. The molecule has 0 fully saturated rings. The fourth-order valence-electron chi connectivity index (χ4n) is 1.19. The molecule has 1 N–H and O–H groups in total. The second-order valence-corrected chi connectivity index (χ2v) is 2.94. The van der Waals surface area contributed by atoms with Crippen molar-refractivity contribution in [3.8, 4) is 0 Å². The second kappa shape index (κ2) is 6.40. The number of carbonyl (C=O) groups excluding carboxylic acids is 1. The minimum atomic E-state index is 0.0688. The van der Waals surface area contributed by atoms with E-state index < -0.39 is 0 Å². The van der Waals surface area contributed by atoms with Gasteiger partial charge < -0.3 is 9.72 Å². The second-order valence-electron chi connectivity index (χ2n) is 2.94. The normalized spacial score (nSPS) is 9.06. The zero-order valence-corrected chi connectivity index (χ0v) is 8.97. The number of ether oxygens (including phenoxy) is 1. The van der Waals surface area contributed by atoms with Crippen molar-refractivity contribution in [2.24, 2.45) is 0 Å². The van der Waals surface area contributed by atoms with Gasteiger partial charge in [-0.2, -0.15) is 0 Å². The highest BCUT2D eigenvalue weighted by Crippen LogP contribution is 2.03. The summed E-state index contributed by atoms with van der Waals surface area (Å²) < 4.78 is 4.15. The summed E-state index contributed by atoms with van der Waals surface area (Å²) in [6, 6.07) is 8.99. The summed E-state index contributed by atoms with van der Waals surface area (Å²) in [6.07, 6.45) is 1.66. The van der Waals surface area contributed by atoms with E-state index in [0.29, 0.717) is 13.1 Å². The van der Waals surface area contributed by atoms with E-state index in [1.54, 1.807) is 13.1 Å². The molecule has 1 aromatic heterocycles. The van der Waals surface area contributed by atoms with Gasteiger partial charge in [0.1, 0.15) is 0 Å². The summed E-state index contributed by atoms with van der Waals surface area (Å²) in [5.74, 6) is 0. The minimum absolute atomic E-state index is 0.0688. The molecule has 0 saturated heterocycles. The summed E-state index contributed by atoms with van der Waals surface area (Å²) in [5.41, 5.74) is 0.958. The number of carbonyl (C=O) groups is 1. The molecule has 0 amide bonds. The van der Waals surface area contributed by atoms with E-state index in [1.165, 1.54) is 6.07 Å². The van der Waals surface area contributed by atoms with E-state index >= 15 is 0 Å². The van der Waals surface area contributed by atoms with Crippen LogP contribution in [0.5, 0.6) is 0 Å². The molecule has 0 bridgehead atoms. The van der Waals surface area contributed by atoms with E-state index in [-0.39, 0.29) is 5.43 Å². The number of para-hydroxylation sites is 1. The maximum atomic E-state index is 11.2. The largest absolute Gasteiger partial charge is 0.468 e. The number of hydrogen-bond donors (Lipinski definition) is 1. The first-order valence-corrected chi connectivity index (χ1v) is 4.91. The lowest BCUT2D eigenvalue weighted by Crippen LogP contribution is -1.98. The van der Waals surface area contributed by atoms with Crippen LogP contribution in [0.2, 0.25) is 0 Å². The highest BCUT2D eigenvalue weighted by molar-refractivity contribution is 5.77. The third-order valence-corrected chi connectivity index (χ3v) is 1.90. The maximum Gasteiger partial charge on any atom is 0.293 e. The molecule has 0 atom stereocenters. The Morgan fingerprint density at radius 2 is 2.06 bits per heavy atom. The predicted molar refractivity (Wildman–Crippen MR) is 62.3 cm³/mol. The standard InChI is InChI=1S/C9H7NO.C3H6O2/c11-9-5-6-10-8-4-2-1-3-7(8)9;1-2-5-3-4/h1-6H,(H,10,11);3H,2H2,1H3. The molecule has 0 aliphatic heterocycles. The Balaban J connectivity index is 0.000000221. The van der Waals surface area contributed by atoms with Gasteiger partial charge in [-0.1, -0.05) is 12.1 Å². The van der Waals surface area contributed by atoms with Crippen LogP contribution in [0.15, 0.2) is 41.3 Å². The molecule has 1 heterocycles. The summed E-state index contributed by atoms with van der Waals surface area (Å²) >= 11 is 0. The van der Waals surface area contributed by atoms with Crippen molar-refractivity contribution in [3.63, 3.8) is 0 Å². The SMILES string of the molecule is CCOC=O.O=c1cc[nH]c2ccccc12. The molecule has 0 radical (unpaired) electrons. The summed E-state index contributed by atoms with van der Waals surface area (Å²) in [7, 11) is 0. The number of pyridine rings is 1. The Hall–Kier alpha value is -2.10. The minimum Gasteiger partial charge on any atom is -0.468 e. The van der Waals surface area contributed by atoms with E-state index in [1.807, 2.05) is 24.3 Å². The Kier molecular flexibility index (Phi) is 4.79. The molecule has 0 saturated carbocycles. The van der Waals surface area contributed by atoms with Gasteiger partial charge in [0.15, 0.2) is 5.43 Å². The summed E-state index contributed by atoms with van der Waals surface area (Å²) in [5, 5.41) is 0.745. The predicted octanol–water partition coefficient (Wildman–Crippen LogP) is 1.71. The van der Waals surface area contributed by atoms with Gasteiger partial charge in [-0.05, 0) is 19.1 Å². The molecular formula is C12H13NO3. The summed E-state index contributed by atoms with van der Waals surface area (Å²) in [4.78, 5) is 23.3. The fraction of sp³-hybridized carbons (Fsp3) is 0.167. The van der Waals surface area contributed by atoms with Crippen LogP contribution in [-0.4, -0.2) is 18.1 Å². The van der Waals surface area contributed by atoms with Gasteiger partial charge in [-0.3, -0.25) is 9.59 Å². The third kappa shape index (κ3) is 3.24. The Labute approximate surface area is 92.9 Å². The van der Waals surface area contributed by atoms with Crippen LogP contribution in [0.4, 0.5) is 0 Å². The lowest BCUT2D eigenvalue weighted by atomic mass is 10.2. The van der Waals surface area contributed by atoms with Crippen molar-refractivity contribution in [2.45, 2.75) is 6.92 Å². The topological polar surface area (TPSA) is 59.2 Å². The molecular weight excluding hydrogens is 206 g/mol. The number of fused-ring (bicyclic) bond motifs is 1. The average Bonchev–Trinajstić information content (AvgIpc) is 2.32. The first-order valence-electron chi connectivity index (χ1n) is 4.91. The zero-order chi connectivity index (χ0) is 11.8. The van der Waals surface area contributed by atoms with Crippen LogP contribution in [0, 0.1) is 0 Å². The highest BCUT2D eigenvalue weighted by atomic mass is 16.5. The molecule has 84 valence electrons. The zero-order valence-electron chi connectivity index (χ0n) is 8.97. The van der Waals surface area contributed by atoms with Crippen molar-refractivity contribution in [2.75, 3.05) is 6.61 Å². The van der Waals surface area contributed by atoms with Crippen LogP contribution in [0.1, 0.15) is 6.92 Å². The third-order valence-electron chi connectivity index (χ3n) is 1.90. The first kappa shape index (κ1) is 12.0. The molecule has 4 heteroatoms.